The summed E-state index contributed by atoms with van der Waals surface area (Å²) >= 11 is 6.24. The molecule has 3 fully saturated rings. The van der Waals surface area contributed by atoms with Crippen molar-refractivity contribution in [3.63, 3.8) is 0 Å². The lowest BCUT2D eigenvalue weighted by atomic mass is 9.78. The van der Waals surface area contributed by atoms with Gasteiger partial charge in [0.05, 0.1) is 23.5 Å². The van der Waals surface area contributed by atoms with E-state index in [2.05, 4.69) is 24.8 Å². The highest BCUT2D eigenvalue weighted by Crippen LogP contribution is 2.47. The minimum atomic E-state index is -0.162. The molecule has 1 aliphatic carbocycles. The first-order valence-electron chi connectivity index (χ1n) is 11.4. The molecule has 2 aliphatic heterocycles. The van der Waals surface area contributed by atoms with Gasteiger partial charge < -0.3 is 14.5 Å². The number of likely N-dealkylation sites (tertiary alicyclic amines) is 1. The Bertz CT molecular complexity index is 960. The fourth-order valence-corrected chi connectivity index (χ4v) is 5.65. The number of piperazine rings is 1. The number of anilines is 1. The van der Waals surface area contributed by atoms with Crippen molar-refractivity contribution in [2.24, 2.45) is 5.41 Å². The van der Waals surface area contributed by atoms with E-state index >= 15 is 0 Å². The van der Waals surface area contributed by atoms with Crippen LogP contribution in [-0.2, 0) is 4.74 Å². The van der Waals surface area contributed by atoms with Crippen molar-refractivity contribution in [1.82, 2.24) is 24.8 Å². The van der Waals surface area contributed by atoms with Crippen molar-refractivity contribution in [3.05, 3.63) is 35.9 Å². The quantitative estimate of drug-likeness (QED) is 0.698. The zero-order valence-electron chi connectivity index (χ0n) is 18.4. The van der Waals surface area contributed by atoms with Gasteiger partial charge in [0.2, 0.25) is 0 Å². The second-order valence-corrected chi connectivity index (χ2v) is 9.53. The summed E-state index contributed by atoms with van der Waals surface area (Å²) in [4.78, 5) is 32.0. The van der Waals surface area contributed by atoms with Crippen LogP contribution in [-0.4, -0.2) is 82.8 Å². The van der Waals surface area contributed by atoms with Gasteiger partial charge in [-0.15, -0.1) is 0 Å². The van der Waals surface area contributed by atoms with Crippen LogP contribution in [0.1, 0.15) is 26.2 Å². The normalized spacial score (nSPS) is 22.8. The summed E-state index contributed by atoms with van der Waals surface area (Å²) in [5, 5.41) is 0.599. The molecule has 2 saturated heterocycles. The highest BCUT2D eigenvalue weighted by atomic mass is 35.5. The number of hydrogen-bond donors (Lipinski definition) is 0. The zero-order valence-corrected chi connectivity index (χ0v) is 19.2. The molecule has 2 aromatic rings. The van der Waals surface area contributed by atoms with E-state index in [1.54, 1.807) is 24.8 Å². The van der Waals surface area contributed by atoms with Gasteiger partial charge >= 0.3 is 6.09 Å². The largest absolute Gasteiger partial charge is 0.450 e. The molecule has 1 saturated carbocycles. The Kier molecular flexibility index (Phi) is 5.90. The van der Waals surface area contributed by atoms with E-state index in [9.17, 15) is 4.79 Å². The lowest BCUT2D eigenvalue weighted by Gasteiger charge is -2.48. The summed E-state index contributed by atoms with van der Waals surface area (Å²) < 4.78 is 5.14. The van der Waals surface area contributed by atoms with E-state index in [-0.39, 0.29) is 6.09 Å². The van der Waals surface area contributed by atoms with E-state index in [1.807, 2.05) is 17.9 Å². The maximum atomic E-state index is 11.9. The Balaban J connectivity index is 1.20. The third kappa shape index (κ3) is 4.13. The van der Waals surface area contributed by atoms with Crippen LogP contribution in [0.2, 0.25) is 5.02 Å². The van der Waals surface area contributed by atoms with Gasteiger partial charge in [-0.3, -0.25) is 14.9 Å². The summed E-state index contributed by atoms with van der Waals surface area (Å²) in [7, 11) is 0. The minimum Gasteiger partial charge on any atom is -0.450 e. The van der Waals surface area contributed by atoms with Gasteiger partial charge in [0.15, 0.2) is 0 Å². The number of amides is 1. The Morgan fingerprint density at radius 3 is 2.72 bits per heavy atom. The zero-order chi connectivity index (χ0) is 22.1. The van der Waals surface area contributed by atoms with Gasteiger partial charge in [0.25, 0.3) is 0 Å². The molecule has 2 aromatic heterocycles. The number of rotatable bonds is 4. The molecule has 0 bridgehead atoms. The number of carbonyl (C=O) groups excluding carboxylic acids is 1. The fraction of sp³-hybridized carbons (Fsp3) is 0.565. The predicted octanol–water partition coefficient (Wildman–Crippen LogP) is 3.33. The number of halogens is 1. The summed E-state index contributed by atoms with van der Waals surface area (Å²) in [6.07, 6.45) is 10.2. The number of nitrogens with zero attached hydrogens (tertiary/aromatic N) is 6. The molecule has 0 N–H and O–H groups in total. The molecule has 5 rings (SSSR count). The smallest absolute Gasteiger partial charge is 0.409 e. The number of pyridine rings is 1. The van der Waals surface area contributed by atoms with Gasteiger partial charge in [-0.2, -0.15) is 0 Å². The molecular formula is C23H29ClN6O2. The number of ether oxygens (including phenoxy) is 1. The highest BCUT2D eigenvalue weighted by Gasteiger charge is 2.51. The topological polar surface area (TPSA) is 74.7 Å². The average molecular weight is 457 g/mol. The highest BCUT2D eigenvalue weighted by molar-refractivity contribution is 6.30. The Morgan fingerprint density at radius 2 is 2.00 bits per heavy atom. The first-order valence-corrected chi connectivity index (χ1v) is 11.8. The van der Waals surface area contributed by atoms with Crippen molar-refractivity contribution in [2.45, 2.75) is 32.2 Å². The van der Waals surface area contributed by atoms with Gasteiger partial charge in [-0.1, -0.05) is 11.6 Å². The van der Waals surface area contributed by atoms with Crippen LogP contribution in [0.25, 0.3) is 11.3 Å². The molecule has 1 atom stereocenters. The fourth-order valence-electron chi connectivity index (χ4n) is 5.49. The average Bonchev–Trinajstić information content (AvgIpc) is 3.25. The molecule has 8 nitrogen and oxygen atoms in total. The number of aromatic nitrogens is 3. The van der Waals surface area contributed by atoms with E-state index in [4.69, 9.17) is 16.3 Å². The van der Waals surface area contributed by atoms with E-state index in [0.717, 1.165) is 56.3 Å². The van der Waals surface area contributed by atoms with Crippen LogP contribution in [0.4, 0.5) is 10.6 Å². The first-order chi connectivity index (χ1) is 15.6. The maximum Gasteiger partial charge on any atom is 0.409 e. The molecule has 1 spiro atoms. The molecule has 3 aliphatic rings. The predicted molar refractivity (Wildman–Crippen MR) is 123 cm³/mol. The maximum absolute atomic E-state index is 11.9. The van der Waals surface area contributed by atoms with Crippen molar-refractivity contribution < 1.29 is 9.53 Å². The lowest BCUT2D eigenvalue weighted by molar-refractivity contribution is -0.00294. The van der Waals surface area contributed by atoms with Crippen LogP contribution in [0, 0.1) is 5.41 Å². The van der Waals surface area contributed by atoms with Crippen LogP contribution in [0.5, 0.6) is 0 Å². The molecule has 9 heteroatoms. The molecule has 32 heavy (non-hydrogen) atoms. The van der Waals surface area contributed by atoms with Crippen LogP contribution >= 0.6 is 11.6 Å². The van der Waals surface area contributed by atoms with Crippen LogP contribution in [0.15, 0.2) is 30.9 Å². The molecule has 4 heterocycles. The minimum absolute atomic E-state index is 0.162. The molecule has 0 radical (unpaired) electrons. The second-order valence-electron chi connectivity index (χ2n) is 9.09. The van der Waals surface area contributed by atoms with Gasteiger partial charge in [-0.05, 0) is 32.3 Å². The Hall–Kier alpha value is -2.45. The van der Waals surface area contributed by atoms with E-state index in [1.165, 1.54) is 19.3 Å². The number of carbonyl (C=O) groups is 1. The molecule has 170 valence electrons. The molecule has 1 amide bonds. The summed E-state index contributed by atoms with van der Waals surface area (Å²) in [6, 6.07) is 2.52. The molecule has 0 unspecified atom stereocenters. The number of hydrogen-bond acceptors (Lipinski definition) is 7. The summed E-state index contributed by atoms with van der Waals surface area (Å²) in [6.45, 7) is 7.83. The molecule has 0 aromatic carbocycles. The second kappa shape index (κ2) is 8.83. The van der Waals surface area contributed by atoms with Crippen LogP contribution in [0.3, 0.4) is 0 Å². The standard InChI is InChI=1S/C23H29ClN6O2/c1-2-32-22(31)30-15-23(16-30)4-3-18(12-23)28-7-9-29(10-8-28)21-19(11-17(24)13-27-21)20-14-25-5-6-26-20/h5-6,11,13-14,18H,2-4,7-10,12,15-16H2,1H3/t18-/m1/s1. The SMILES string of the molecule is CCOC(=O)N1CC2(CC[C@@H](N3CCN(c4ncc(Cl)cc4-c4cnccn4)CC3)C2)C1. The van der Waals surface area contributed by atoms with Gasteiger partial charge in [-0.25, -0.2) is 9.78 Å². The monoisotopic (exact) mass is 456 g/mol. The van der Waals surface area contributed by atoms with E-state index in [0.29, 0.717) is 23.1 Å². The molecular weight excluding hydrogens is 428 g/mol. The third-order valence-corrected chi connectivity index (χ3v) is 7.26. The van der Waals surface area contributed by atoms with Crippen molar-refractivity contribution in [1.29, 1.82) is 0 Å². The van der Waals surface area contributed by atoms with E-state index < -0.39 is 0 Å². The summed E-state index contributed by atoms with van der Waals surface area (Å²) in [5.74, 6) is 0.918. The van der Waals surface area contributed by atoms with Crippen molar-refractivity contribution >= 4 is 23.5 Å². The Labute approximate surface area is 193 Å². The van der Waals surface area contributed by atoms with Gasteiger partial charge in [0.1, 0.15) is 5.82 Å². The first kappa shape index (κ1) is 21.4. The Morgan fingerprint density at radius 1 is 1.19 bits per heavy atom. The van der Waals surface area contributed by atoms with Crippen molar-refractivity contribution in [2.75, 3.05) is 50.8 Å². The van der Waals surface area contributed by atoms with Crippen molar-refractivity contribution in [3.8, 4) is 11.3 Å². The van der Waals surface area contributed by atoms with Gasteiger partial charge in [0, 0.05) is 74.9 Å². The third-order valence-electron chi connectivity index (χ3n) is 7.06. The lowest BCUT2D eigenvalue weighted by Crippen LogP contribution is -2.58. The summed E-state index contributed by atoms with van der Waals surface area (Å²) in [5.41, 5.74) is 2.01. The van der Waals surface area contributed by atoms with Crippen LogP contribution < -0.4 is 4.90 Å².